The quantitative estimate of drug-likeness (QED) is 0.602. The van der Waals surface area contributed by atoms with Crippen LogP contribution in [0.2, 0.25) is 0 Å². The Bertz CT molecular complexity index is 963. The van der Waals surface area contributed by atoms with E-state index in [9.17, 15) is 19.2 Å². The first kappa shape index (κ1) is 21.3. The van der Waals surface area contributed by atoms with Crippen molar-refractivity contribution in [3.63, 3.8) is 0 Å². The number of nitrogens with one attached hydrogen (secondary N) is 3. The maximum atomic E-state index is 13.2. The Kier molecular flexibility index (Phi) is 5.59. The fourth-order valence-electron chi connectivity index (χ4n) is 6.12. The van der Waals surface area contributed by atoms with Gasteiger partial charge < -0.3 is 10.6 Å². The second-order valence-corrected chi connectivity index (χ2v) is 9.61. The first-order valence-corrected chi connectivity index (χ1v) is 11.8. The van der Waals surface area contributed by atoms with Crippen LogP contribution in [-0.4, -0.2) is 53.7 Å². The third-order valence-electron chi connectivity index (χ3n) is 7.75. The number of nitrogens with zero attached hydrogens (tertiary/aromatic N) is 1. The van der Waals surface area contributed by atoms with Crippen molar-refractivity contribution >= 4 is 23.6 Å². The first-order chi connectivity index (χ1) is 15.5. The third kappa shape index (κ3) is 3.55. The predicted molar refractivity (Wildman–Crippen MR) is 117 cm³/mol. The fourth-order valence-corrected chi connectivity index (χ4v) is 6.12. The van der Waals surface area contributed by atoms with E-state index in [-0.39, 0.29) is 24.2 Å². The molecule has 3 aliphatic heterocycles. The van der Waals surface area contributed by atoms with E-state index >= 15 is 0 Å². The molecule has 1 saturated carbocycles. The van der Waals surface area contributed by atoms with Crippen LogP contribution < -0.4 is 16.0 Å². The van der Waals surface area contributed by atoms with Crippen LogP contribution in [-0.2, 0) is 16.1 Å². The van der Waals surface area contributed by atoms with Crippen LogP contribution in [0.25, 0.3) is 0 Å². The zero-order valence-corrected chi connectivity index (χ0v) is 18.2. The van der Waals surface area contributed by atoms with E-state index in [1.165, 1.54) is 38.5 Å². The Hall–Kier alpha value is -2.58. The van der Waals surface area contributed by atoms with E-state index in [1.54, 1.807) is 12.1 Å². The standard InChI is InChI=1S/C24H30N4O4/c29-19-9-8-17(21(30)27-19)28-22(31)16-6-3-5-15(20(16)23(28)32)13-25-14-24-10-2-1-7-18(24)26-12-4-11-24/h3,5-6,17-18,25-26H,1-2,4,7-14H2,(H,27,29,30)/t17?,18-,24+/m0/s1. The summed E-state index contributed by atoms with van der Waals surface area (Å²) in [6, 6.07) is 4.92. The molecule has 3 N–H and O–H groups in total. The van der Waals surface area contributed by atoms with Crippen molar-refractivity contribution in [1.82, 2.24) is 20.9 Å². The van der Waals surface area contributed by atoms with Gasteiger partial charge in [-0.25, -0.2) is 0 Å². The zero-order chi connectivity index (χ0) is 22.3. The lowest BCUT2D eigenvalue weighted by molar-refractivity contribution is -0.136. The van der Waals surface area contributed by atoms with Gasteiger partial charge in [0, 0.05) is 25.6 Å². The van der Waals surface area contributed by atoms with Crippen LogP contribution in [0.1, 0.15) is 77.6 Å². The van der Waals surface area contributed by atoms with Crippen molar-refractivity contribution in [2.45, 2.75) is 70.0 Å². The second kappa shape index (κ2) is 8.41. The number of fused-ring (bicyclic) bond motifs is 2. The molecule has 1 aromatic rings. The molecule has 32 heavy (non-hydrogen) atoms. The lowest BCUT2D eigenvalue weighted by atomic mass is 9.66. The van der Waals surface area contributed by atoms with E-state index in [1.807, 2.05) is 6.07 Å². The molecule has 0 radical (unpaired) electrons. The summed E-state index contributed by atoms with van der Waals surface area (Å²) in [4.78, 5) is 51.1. The van der Waals surface area contributed by atoms with Gasteiger partial charge in [0.15, 0.2) is 0 Å². The van der Waals surface area contributed by atoms with Gasteiger partial charge in [0.1, 0.15) is 6.04 Å². The molecule has 8 nitrogen and oxygen atoms in total. The summed E-state index contributed by atoms with van der Waals surface area (Å²) >= 11 is 0. The highest BCUT2D eigenvalue weighted by molar-refractivity contribution is 6.24. The minimum absolute atomic E-state index is 0.121. The van der Waals surface area contributed by atoms with Crippen molar-refractivity contribution in [2.75, 3.05) is 13.1 Å². The lowest BCUT2D eigenvalue weighted by Crippen LogP contribution is -2.55. The summed E-state index contributed by atoms with van der Waals surface area (Å²) in [6.07, 6.45) is 7.66. The molecule has 0 bridgehead atoms. The van der Waals surface area contributed by atoms with Gasteiger partial charge >= 0.3 is 0 Å². The largest absolute Gasteiger partial charge is 0.313 e. The van der Waals surface area contributed by atoms with Gasteiger partial charge in [-0.3, -0.25) is 29.4 Å². The summed E-state index contributed by atoms with van der Waals surface area (Å²) in [5, 5.41) is 9.54. The number of amides is 4. The van der Waals surface area contributed by atoms with Crippen LogP contribution in [0.3, 0.4) is 0 Å². The molecule has 1 aliphatic carbocycles. The topological polar surface area (TPSA) is 108 Å². The molecule has 3 atom stereocenters. The minimum Gasteiger partial charge on any atom is -0.313 e. The summed E-state index contributed by atoms with van der Waals surface area (Å²) in [5.41, 5.74) is 1.76. The molecule has 4 amide bonds. The van der Waals surface area contributed by atoms with Crippen molar-refractivity contribution in [2.24, 2.45) is 5.41 Å². The molecule has 4 aliphatic rings. The van der Waals surface area contributed by atoms with Gasteiger partial charge in [-0.1, -0.05) is 25.0 Å². The van der Waals surface area contributed by atoms with Gasteiger partial charge in [0.2, 0.25) is 11.8 Å². The second-order valence-electron chi connectivity index (χ2n) is 9.61. The summed E-state index contributed by atoms with van der Waals surface area (Å²) in [5.74, 6) is -1.85. The van der Waals surface area contributed by atoms with Crippen LogP contribution >= 0.6 is 0 Å². The fraction of sp³-hybridized carbons (Fsp3) is 0.583. The number of hydrogen-bond acceptors (Lipinski definition) is 6. The van der Waals surface area contributed by atoms with Crippen molar-refractivity contribution in [1.29, 1.82) is 0 Å². The maximum Gasteiger partial charge on any atom is 0.262 e. The Morgan fingerprint density at radius 3 is 2.72 bits per heavy atom. The van der Waals surface area contributed by atoms with Gasteiger partial charge in [0.05, 0.1) is 11.1 Å². The van der Waals surface area contributed by atoms with E-state index in [4.69, 9.17) is 0 Å². The Morgan fingerprint density at radius 2 is 1.88 bits per heavy atom. The highest BCUT2D eigenvalue weighted by Crippen LogP contribution is 2.42. The zero-order valence-electron chi connectivity index (χ0n) is 18.2. The van der Waals surface area contributed by atoms with Gasteiger partial charge in [-0.05, 0) is 55.7 Å². The van der Waals surface area contributed by atoms with E-state index in [0.717, 1.165) is 23.6 Å². The van der Waals surface area contributed by atoms with Gasteiger partial charge in [0.25, 0.3) is 11.8 Å². The average molecular weight is 439 g/mol. The summed E-state index contributed by atoms with van der Waals surface area (Å²) < 4.78 is 0. The lowest BCUT2D eigenvalue weighted by Gasteiger charge is -2.48. The normalized spacial score (nSPS) is 30.2. The van der Waals surface area contributed by atoms with Crippen LogP contribution in [0.15, 0.2) is 18.2 Å². The molecule has 0 aromatic heterocycles. The summed E-state index contributed by atoms with van der Waals surface area (Å²) in [7, 11) is 0. The van der Waals surface area contributed by atoms with Crippen molar-refractivity contribution in [3.8, 4) is 0 Å². The van der Waals surface area contributed by atoms with Crippen LogP contribution in [0, 0.1) is 5.41 Å². The maximum absolute atomic E-state index is 13.2. The monoisotopic (exact) mass is 438 g/mol. The van der Waals surface area contributed by atoms with Crippen molar-refractivity contribution in [3.05, 3.63) is 34.9 Å². The number of rotatable bonds is 5. The van der Waals surface area contributed by atoms with Crippen molar-refractivity contribution < 1.29 is 19.2 Å². The Morgan fingerprint density at radius 1 is 1.03 bits per heavy atom. The number of hydrogen-bond donors (Lipinski definition) is 3. The van der Waals surface area contributed by atoms with Crippen LogP contribution in [0.4, 0.5) is 0 Å². The number of benzene rings is 1. The minimum atomic E-state index is -0.934. The summed E-state index contributed by atoms with van der Waals surface area (Å²) in [6.45, 7) is 2.47. The molecule has 1 unspecified atom stereocenters. The molecular formula is C24H30N4O4. The predicted octanol–water partition coefficient (Wildman–Crippen LogP) is 1.49. The number of piperidine rings is 2. The van der Waals surface area contributed by atoms with Crippen LogP contribution in [0.5, 0.6) is 0 Å². The average Bonchev–Trinajstić information content (AvgIpc) is 3.05. The van der Waals surface area contributed by atoms with E-state index in [2.05, 4.69) is 16.0 Å². The molecule has 3 heterocycles. The Labute approximate surface area is 187 Å². The van der Waals surface area contributed by atoms with E-state index in [0.29, 0.717) is 23.7 Å². The number of imide groups is 2. The number of carbonyl (C=O) groups is 4. The highest BCUT2D eigenvalue weighted by atomic mass is 16.2. The molecule has 5 rings (SSSR count). The first-order valence-electron chi connectivity index (χ1n) is 11.8. The molecule has 3 fully saturated rings. The van der Waals surface area contributed by atoms with Gasteiger partial charge in [-0.15, -0.1) is 0 Å². The highest BCUT2D eigenvalue weighted by Gasteiger charge is 2.46. The smallest absolute Gasteiger partial charge is 0.262 e. The number of carbonyl (C=O) groups excluding carboxylic acids is 4. The molecule has 2 saturated heterocycles. The molecule has 0 spiro atoms. The molecule has 170 valence electrons. The molecule has 8 heteroatoms. The Balaban J connectivity index is 1.32. The van der Waals surface area contributed by atoms with Gasteiger partial charge in [-0.2, -0.15) is 0 Å². The third-order valence-corrected chi connectivity index (χ3v) is 7.75. The van der Waals surface area contributed by atoms with E-state index < -0.39 is 23.8 Å². The SMILES string of the molecule is O=C1CCC(N2C(=O)c3cccc(CNC[C@]45CCCC[C@@H]4NCCC5)c3C2=O)C(=O)N1. The molecule has 1 aromatic carbocycles. The molecular weight excluding hydrogens is 408 g/mol.